The van der Waals surface area contributed by atoms with Crippen molar-refractivity contribution in [1.82, 2.24) is 10.3 Å². The summed E-state index contributed by atoms with van der Waals surface area (Å²) in [6.07, 6.45) is 0. The van der Waals surface area contributed by atoms with E-state index in [0.717, 1.165) is 23.1 Å². The molecular weight excluding hydrogens is 318 g/mol. The number of aromatic nitrogens is 1. The molecule has 0 unspecified atom stereocenters. The Morgan fingerprint density at radius 2 is 2.18 bits per heavy atom. The predicted molar refractivity (Wildman–Crippen MR) is 89.9 cm³/mol. The van der Waals surface area contributed by atoms with Crippen LogP contribution in [-0.4, -0.2) is 28.4 Å². The van der Waals surface area contributed by atoms with Gasteiger partial charge in [-0.25, -0.2) is 4.98 Å². The van der Waals surface area contributed by atoms with E-state index in [0.29, 0.717) is 17.5 Å². The molecule has 0 aliphatic carbocycles. The summed E-state index contributed by atoms with van der Waals surface area (Å²) in [6.45, 7) is 3.14. The highest BCUT2D eigenvalue weighted by Gasteiger charge is 2.15. The van der Waals surface area contributed by atoms with Gasteiger partial charge in [0.1, 0.15) is 23.1 Å². The van der Waals surface area contributed by atoms with E-state index in [1.807, 2.05) is 31.2 Å². The first-order chi connectivity index (χ1) is 10.7. The highest BCUT2D eigenvalue weighted by Crippen LogP contribution is 2.16. The van der Waals surface area contributed by atoms with Crippen LogP contribution in [0.25, 0.3) is 0 Å². The molecule has 0 saturated heterocycles. The number of carbonyl (C=O) groups is 1. The molecule has 3 rings (SSSR count). The van der Waals surface area contributed by atoms with Crippen molar-refractivity contribution in [2.24, 2.45) is 4.99 Å². The van der Waals surface area contributed by atoms with Crippen molar-refractivity contribution in [3.8, 4) is 5.75 Å². The number of hydrogen-bond donors (Lipinski definition) is 1. The summed E-state index contributed by atoms with van der Waals surface area (Å²) in [4.78, 5) is 20.5. The van der Waals surface area contributed by atoms with Crippen molar-refractivity contribution in [3.63, 3.8) is 0 Å². The quantitative estimate of drug-likeness (QED) is 0.934. The van der Waals surface area contributed by atoms with Crippen molar-refractivity contribution in [2.45, 2.75) is 13.5 Å². The number of nitrogens with zero attached hydrogens (tertiary/aromatic N) is 2. The van der Waals surface area contributed by atoms with Crippen molar-refractivity contribution in [3.05, 3.63) is 45.9 Å². The van der Waals surface area contributed by atoms with E-state index in [9.17, 15) is 4.79 Å². The molecule has 0 bridgehead atoms. The van der Waals surface area contributed by atoms with Crippen LogP contribution in [0.1, 0.15) is 21.1 Å². The molecule has 2 aromatic rings. The van der Waals surface area contributed by atoms with E-state index < -0.39 is 0 Å². The van der Waals surface area contributed by atoms with Crippen LogP contribution in [-0.2, 0) is 6.61 Å². The Kier molecular flexibility index (Phi) is 4.74. The molecule has 0 fully saturated rings. The topological polar surface area (TPSA) is 63.6 Å². The lowest BCUT2D eigenvalue weighted by atomic mass is 10.2. The van der Waals surface area contributed by atoms with Crippen LogP contribution in [0.4, 0.5) is 0 Å². The maximum Gasteiger partial charge on any atom is 0.276 e. The predicted octanol–water partition coefficient (Wildman–Crippen LogP) is 2.86. The number of hydrogen-bond acceptors (Lipinski definition) is 6. The fourth-order valence-corrected chi connectivity index (χ4v) is 3.24. The van der Waals surface area contributed by atoms with Gasteiger partial charge in [0.15, 0.2) is 5.17 Å². The zero-order valence-electron chi connectivity index (χ0n) is 12.0. The third-order valence-corrected chi connectivity index (χ3v) is 4.69. The number of ether oxygens (including phenoxy) is 1. The lowest BCUT2D eigenvalue weighted by molar-refractivity contribution is 0.0973. The van der Waals surface area contributed by atoms with Crippen molar-refractivity contribution in [2.75, 3.05) is 12.3 Å². The third kappa shape index (κ3) is 3.86. The molecule has 7 heteroatoms. The summed E-state index contributed by atoms with van der Waals surface area (Å²) in [5, 5.41) is 5.95. The number of aliphatic imine (C=N–C) groups is 1. The number of thioether (sulfide) groups is 1. The highest BCUT2D eigenvalue weighted by atomic mass is 32.2. The van der Waals surface area contributed by atoms with Gasteiger partial charge in [0.25, 0.3) is 5.91 Å². The third-order valence-electron chi connectivity index (χ3n) is 2.97. The molecule has 0 saturated carbocycles. The van der Waals surface area contributed by atoms with Gasteiger partial charge in [-0.1, -0.05) is 29.5 Å². The maximum atomic E-state index is 12.0. The molecule has 1 aromatic heterocycles. The highest BCUT2D eigenvalue weighted by molar-refractivity contribution is 8.14. The minimum absolute atomic E-state index is 0.217. The van der Waals surface area contributed by atoms with Gasteiger partial charge in [-0.2, -0.15) is 0 Å². The number of carbonyl (C=O) groups excluding carboxylic acids is 1. The molecule has 2 heterocycles. The molecule has 0 atom stereocenters. The SMILES string of the molecule is Cc1ccc(OCc2nc(C(=O)NC3=NCCS3)cs2)cc1. The Bertz CT molecular complexity index is 695. The van der Waals surface area contributed by atoms with Gasteiger partial charge < -0.3 is 4.74 Å². The average molecular weight is 333 g/mol. The standard InChI is InChI=1S/C15H15N3O2S2/c1-10-2-4-11(5-3-10)20-8-13-17-12(9-22-13)14(19)18-15-16-6-7-21-15/h2-5,9H,6-8H2,1H3,(H,16,18,19). The monoisotopic (exact) mass is 333 g/mol. The second kappa shape index (κ2) is 6.93. The molecule has 1 aromatic carbocycles. The fourth-order valence-electron chi connectivity index (χ4n) is 1.83. The summed E-state index contributed by atoms with van der Waals surface area (Å²) >= 11 is 2.96. The zero-order chi connectivity index (χ0) is 15.4. The molecule has 5 nitrogen and oxygen atoms in total. The molecule has 22 heavy (non-hydrogen) atoms. The number of aryl methyl sites for hydroxylation is 1. The van der Waals surface area contributed by atoms with Crippen LogP contribution in [0.3, 0.4) is 0 Å². The van der Waals surface area contributed by atoms with Gasteiger partial charge >= 0.3 is 0 Å². The summed E-state index contributed by atoms with van der Waals surface area (Å²) in [7, 11) is 0. The van der Waals surface area contributed by atoms with Gasteiger partial charge in [-0.15, -0.1) is 11.3 Å². The number of nitrogens with one attached hydrogen (secondary N) is 1. The van der Waals surface area contributed by atoms with Gasteiger partial charge in [0, 0.05) is 11.1 Å². The van der Waals surface area contributed by atoms with Gasteiger partial charge in [-0.05, 0) is 19.1 Å². The molecule has 1 N–H and O–H groups in total. The van der Waals surface area contributed by atoms with Gasteiger partial charge in [0.05, 0.1) is 6.54 Å². The molecular formula is C15H15N3O2S2. The van der Waals surface area contributed by atoms with Crippen LogP contribution in [0, 0.1) is 6.92 Å². The van der Waals surface area contributed by atoms with Crippen molar-refractivity contribution in [1.29, 1.82) is 0 Å². The molecule has 0 spiro atoms. The van der Waals surface area contributed by atoms with Crippen LogP contribution in [0.5, 0.6) is 5.75 Å². The second-order valence-corrected chi connectivity index (χ2v) is 6.74. The molecule has 0 radical (unpaired) electrons. The van der Waals surface area contributed by atoms with E-state index in [4.69, 9.17) is 4.74 Å². The first kappa shape index (κ1) is 15.1. The summed E-state index contributed by atoms with van der Waals surface area (Å²) in [6, 6.07) is 7.84. The van der Waals surface area contributed by atoms with Gasteiger partial charge in [0.2, 0.25) is 0 Å². The second-order valence-electron chi connectivity index (χ2n) is 4.72. The minimum Gasteiger partial charge on any atom is -0.486 e. The Morgan fingerprint density at radius 3 is 2.91 bits per heavy atom. The van der Waals surface area contributed by atoms with E-state index >= 15 is 0 Å². The summed E-state index contributed by atoms with van der Waals surface area (Å²) < 4.78 is 5.66. The average Bonchev–Trinajstić information content (AvgIpc) is 3.18. The normalized spacial score (nSPS) is 13.8. The number of rotatable bonds is 4. The van der Waals surface area contributed by atoms with Crippen LogP contribution < -0.4 is 10.1 Å². The first-order valence-electron chi connectivity index (χ1n) is 6.83. The van der Waals surface area contributed by atoms with Crippen LogP contribution in [0.2, 0.25) is 0 Å². The number of thiazole rings is 1. The van der Waals surface area contributed by atoms with Crippen LogP contribution in [0.15, 0.2) is 34.6 Å². The Morgan fingerprint density at radius 1 is 1.36 bits per heavy atom. The Labute approximate surface area is 136 Å². The van der Waals surface area contributed by atoms with E-state index in [1.54, 1.807) is 17.1 Å². The lowest BCUT2D eigenvalue weighted by Crippen LogP contribution is -2.27. The zero-order valence-corrected chi connectivity index (χ0v) is 13.7. The maximum absolute atomic E-state index is 12.0. The molecule has 114 valence electrons. The van der Waals surface area contributed by atoms with Crippen molar-refractivity contribution >= 4 is 34.2 Å². The number of amidine groups is 1. The smallest absolute Gasteiger partial charge is 0.276 e. The molecule has 1 aliphatic heterocycles. The van der Waals surface area contributed by atoms with E-state index in [1.165, 1.54) is 16.9 Å². The lowest BCUT2D eigenvalue weighted by Gasteiger charge is -2.04. The Balaban J connectivity index is 1.56. The molecule has 1 amide bonds. The largest absolute Gasteiger partial charge is 0.486 e. The van der Waals surface area contributed by atoms with Gasteiger partial charge in [-0.3, -0.25) is 15.1 Å². The number of benzene rings is 1. The minimum atomic E-state index is -0.217. The summed E-state index contributed by atoms with van der Waals surface area (Å²) in [5.74, 6) is 1.50. The molecule has 1 aliphatic rings. The van der Waals surface area contributed by atoms with E-state index in [2.05, 4.69) is 15.3 Å². The summed E-state index contributed by atoms with van der Waals surface area (Å²) in [5.41, 5.74) is 1.59. The Hall–Kier alpha value is -1.86. The fraction of sp³-hybridized carbons (Fsp3) is 0.267. The van der Waals surface area contributed by atoms with Crippen LogP contribution >= 0.6 is 23.1 Å². The number of amides is 1. The first-order valence-corrected chi connectivity index (χ1v) is 8.70. The van der Waals surface area contributed by atoms with E-state index in [-0.39, 0.29) is 5.91 Å². The van der Waals surface area contributed by atoms with Crippen molar-refractivity contribution < 1.29 is 9.53 Å².